The van der Waals surface area contributed by atoms with Gasteiger partial charge in [-0.1, -0.05) is 18.2 Å². The van der Waals surface area contributed by atoms with Crippen LogP contribution in [0.1, 0.15) is 33.6 Å². The fraction of sp³-hybridized carbons (Fsp3) is 0.381. The Morgan fingerprint density at radius 1 is 1.25 bits per heavy atom. The van der Waals surface area contributed by atoms with E-state index in [-0.39, 0.29) is 11.7 Å². The number of rotatable bonds is 3. The Morgan fingerprint density at radius 3 is 2.64 bits per heavy atom. The number of amides is 2. The molecule has 1 aliphatic heterocycles. The number of pyridine rings is 1. The normalized spacial score (nSPS) is 17.4. The third kappa shape index (κ3) is 4.65. The summed E-state index contributed by atoms with van der Waals surface area (Å²) < 4.78 is 19.3. The van der Waals surface area contributed by atoms with Crippen LogP contribution in [0.2, 0.25) is 0 Å². The Morgan fingerprint density at radius 2 is 2.00 bits per heavy atom. The number of piperidine rings is 1. The first kappa shape index (κ1) is 19.8. The monoisotopic (exact) mass is 385 g/mol. The van der Waals surface area contributed by atoms with E-state index in [2.05, 4.69) is 10.3 Å². The van der Waals surface area contributed by atoms with Crippen LogP contribution in [0, 0.1) is 5.82 Å². The van der Waals surface area contributed by atoms with Crippen molar-refractivity contribution in [1.82, 2.24) is 10.3 Å². The van der Waals surface area contributed by atoms with Crippen LogP contribution in [-0.2, 0) is 9.53 Å². The second-order valence-electron chi connectivity index (χ2n) is 7.79. The lowest BCUT2D eigenvalue weighted by Crippen LogP contribution is -2.49. The van der Waals surface area contributed by atoms with Crippen molar-refractivity contribution in [1.29, 1.82) is 0 Å². The van der Waals surface area contributed by atoms with Crippen molar-refractivity contribution in [2.75, 3.05) is 11.4 Å². The molecule has 1 N–H and O–H groups in total. The molecule has 1 atom stereocenters. The number of benzene rings is 1. The lowest BCUT2D eigenvalue weighted by Gasteiger charge is -2.32. The molecule has 1 saturated heterocycles. The first-order valence-corrected chi connectivity index (χ1v) is 9.26. The number of carbonyl (C=O) groups is 2. The highest BCUT2D eigenvalue weighted by Crippen LogP contribution is 2.26. The SMILES string of the molecule is CC(C)(C)NC(=O)O[C@@H]1CCCN(c2ccc(-c3ccccc3F)cn2)C1=O. The highest BCUT2D eigenvalue weighted by Gasteiger charge is 2.33. The quantitative estimate of drug-likeness (QED) is 0.870. The highest BCUT2D eigenvalue weighted by atomic mass is 19.1. The molecule has 7 heteroatoms. The maximum Gasteiger partial charge on any atom is 0.408 e. The second kappa shape index (κ2) is 7.96. The standard InChI is InChI=1S/C21H24FN3O3/c1-21(2,3)24-20(27)28-17-9-6-12-25(19(17)26)18-11-10-14(13-23-18)15-7-4-5-8-16(15)22/h4-5,7-8,10-11,13,17H,6,9,12H2,1-3H3,(H,24,27)/t17-/m1/s1. The fourth-order valence-electron chi connectivity index (χ4n) is 3.04. The van der Waals surface area contributed by atoms with Crippen molar-refractivity contribution in [2.24, 2.45) is 0 Å². The molecule has 2 aromatic rings. The zero-order valence-electron chi connectivity index (χ0n) is 16.2. The molecule has 1 fully saturated rings. The van der Waals surface area contributed by atoms with Crippen molar-refractivity contribution in [3.8, 4) is 11.1 Å². The fourth-order valence-corrected chi connectivity index (χ4v) is 3.04. The molecule has 2 amide bonds. The summed E-state index contributed by atoms with van der Waals surface area (Å²) in [5, 5.41) is 2.69. The molecular weight excluding hydrogens is 361 g/mol. The number of halogens is 1. The molecule has 0 radical (unpaired) electrons. The molecule has 0 aliphatic carbocycles. The average Bonchev–Trinajstić information content (AvgIpc) is 2.63. The van der Waals surface area contributed by atoms with Crippen LogP contribution < -0.4 is 10.2 Å². The minimum atomic E-state index is -0.843. The Bertz CT molecular complexity index is 862. The minimum absolute atomic E-state index is 0.304. The maximum absolute atomic E-state index is 13.9. The van der Waals surface area contributed by atoms with Gasteiger partial charge in [0.1, 0.15) is 11.6 Å². The molecule has 0 bridgehead atoms. The van der Waals surface area contributed by atoms with Crippen LogP contribution in [0.15, 0.2) is 42.6 Å². The van der Waals surface area contributed by atoms with E-state index in [1.165, 1.54) is 17.2 Å². The van der Waals surface area contributed by atoms with Gasteiger partial charge in [0, 0.05) is 29.4 Å². The Hall–Kier alpha value is -2.96. The van der Waals surface area contributed by atoms with E-state index in [0.717, 1.165) is 0 Å². The van der Waals surface area contributed by atoms with Gasteiger partial charge in [0.2, 0.25) is 0 Å². The first-order valence-electron chi connectivity index (χ1n) is 9.26. The van der Waals surface area contributed by atoms with Crippen molar-refractivity contribution in [3.63, 3.8) is 0 Å². The largest absolute Gasteiger partial charge is 0.436 e. The summed E-state index contributed by atoms with van der Waals surface area (Å²) in [7, 11) is 0. The van der Waals surface area contributed by atoms with Gasteiger partial charge in [-0.15, -0.1) is 0 Å². The van der Waals surface area contributed by atoms with E-state index in [1.807, 2.05) is 20.8 Å². The first-order chi connectivity index (χ1) is 13.2. The number of ether oxygens (including phenoxy) is 1. The van der Waals surface area contributed by atoms with Gasteiger partial charge < -0.3 is 10.1 Å². The van der Waals surface area contributed by atoms with Gasteiger partial charge in [0.25, 0.3) is 5.91 Å². The van der Waals surface area contributed by atoms with Gasteiger partial charge in [-0.2, -0.15) is 0 Å². The van der Waals surface area contributed by atoms with Crippen molar-refractivity contribution in [2.45, 2.75) is 45.3 Å². The van der Waals surface area contributed by atoms with E-state index in [1.54, 1.807) is 30.3 Å². The molecule has 0 saturated carbocycles. The van der Waals surface area contributed by atoms with Crippen LogP contribution in [-0.4, -0.2) is 35.2 Å². The van der Waals surface area contributed by atoms with Crippen molar-refractivity contribution in [3.05, 3.63) is 48.4 Å². The smallest absolute Gasteiger partial charge is 0.408 e. The predicted octanol–water partition coefficient (Wildman–Crippen LogP) is 3.91. The Labute approximate surface area is 163 Å². The third-order valence-corrected chi connectivity index (χ3v) is 4.33. The maximum atomic E-state index is 13.9. The molecule has 1 aliphatic rings. The third-order valence-electron chi connectivity index (χ3n) is 4.33. The number of aromatic nitrogens is 1. The zero-order valence-corrected chi connectivity index (χ0v) is 16.2. The number of hydrogen-bond acceptors (Lipinski definition) is 4. The summed E-state index contributed by atoms with van der Waals surface area (Å²) in [5.74, 6) is -0.180. The lowest BCUT2D eigenvalue weighted by molar-refractivity contribution is -0.128. The zero-order chi connectivity index (χ0) is 20.3. The molecule has 6 nitrogen and oxygen atoms in total. The second-order valence-corrected chi connectivity index (χ2v) is 7.79. The number of anilines is 1. The number of alkyl carbamates (subject to hydrolysis) is 1. The number of nitrogens with zero attached hydrogens (tertiary/aromatic N) is 2. The van der Waals surface area contributed by atoms with Crippen LogP contribution >= 0.6 is 0 Å². The van der Waals surface area contributed by atoms with Crippen LogP contribution in [0.5, 0.6) is 0 Å². The number of carbonyl (C=O) groups excluding carboxylic acids is 2. The van der Waals surface area contributed by atoms with E-state index >= 15 is 0 Å². The predicted molar refractivity (Wildman–Crippen MR) is 104 cm³/mol. The summed E-state index contributed by atoms with van der Waals surface area (Å²) in [4.78, 5) is 30.6. The van der Waals surface area contributed by atoms with E-state index in [4.69, 9.17) is 4.74 Å². The lowest BCUT2D eigenvalue weighted by atomic mass is 10.1. The topological polar surface area (TPSA) is 71.5 Å². The highest BCUT2D eigenvalue weighted by molar-refractivity contribution is 5.97. The molecular formula is C21H24FN3O3. The molecule has 3 rings (SSSR count). The van der Waals surface area contributed by atoms with E-state index in [9.17, 15) is 14.0 Å². The van der Waals surface area contributed by atoms with Gasteiger partial charge in [0.05, 0.1) is 0 Å². The molecule has 1 aromatic heterocycles. The number of nitrogens with one attached hydrogen (secondary N) is 1. The van der Waals surface area contributed by atoms with Gasteiger partial charge in [-0.05, 0) is 51.8 Å². The summed E-state index contributed by atoms with van der Waals surface area (Å²) >= 11 is 0. The minimum Gasteiger partial charge on any atom is -0.436 e. The molecule has 1 aromatic carbocycles. The summed E-state index contributed by atoms with van der Waals surface area (Å²) in [6.45, 7) is 6.00. The van der Waals surface area contributed by atoms with Crippen LogP contribution in [0.4, 0.5) is 15.0 Å². The van der Waals surface area contributed by atoms with Crippen LogP contribution in [0.3, 0.4) is 0 Å². The van der Waals surface area contributed by atoms with Gasteiger partial charge >= 0.3 is 6.09 Å². The van der Waals surface area contributed by atoms with E-state index in [0.29, 0.717) is 36.3 Å². The number of hydrogen-bond donors (Lipinski definition) is 1. The molecule has 0 spiro atoms. The summed E-state index contributed by atoms with van der Waals surface area (Å²) in [5.41, 5.74) is 0.633. The summed E-state index contributed by atoms with van der Waals surface area (Å²) in [6.07, 6.45) is 1.24. The van der Waals surface area contributed by atoms with E-state index < -0.39 is 17.7 Å². The average molecular weight is 385 g/mol. The van der Waals surface area contributed by atoms with Gasteiger partial charge in [-0.3, -0.25) is 9.69 Å². The molecule has 28 heavy (non-hydrogen) atoms. The van der Waals surface area contributed by atoms with Crippen LogP contribution in [0.25, 0.3) is 11.1 Å². The van der Waals surface area contributed by atoms with Gasteiger partial charge in [0.15, 0.2) is 6.10 Å². The molecule has 2 heterocycles. The summed E-state index contributed by atoms with van der Waals surface area (Å²) in [6, 6.07) is 9.86. The van der Waals surface area contributed by atoms with Gasteiger partial charge in [-0.25, -0.2) is 14.2 Å². The Kier molecular flexibility index (Phi) is 5.63. The molecule has 0 unspecified atom stereocenters. The van der Waals surface area contributed by atoms with Crippen molar-refractivity contribution >= 4 is 17.8 Å². The Balaban J connectivity index is 1.72. The molecule has 148 valence electrons. The van der Waals surface area contributed by atoms with Crippen molar-refractivity contribution < 1.29 is 18.7 Å².